The molecule has 43 heavy (non-hydrogen) atoms. The van der Waals surface area contributed by atoms with E-state index in [1.54, 1.807) is 69.4 Å². The lowest BCUT2D eigenvalue weighted by Gasteiger charge is -2.36. The summed E-state index contributed by atoms with van der Waals surface area (Å²) in [5.41, 5.74) is 1.17. The minimum Gasteiger partial charge on any atom is -0.444 e. The molecular weight excluding hydrogens is 578 g/mol. The van der Waals surface area contributed by atoms with Crippen LogP contribution in [-0.2, 0) is 20.5 Å². The molecule has 0 bridgehead atoms. The maximum absolute atomic E-state index is 14.9. The van der Waals surface area contributed by atoms with Gasteiger partial charge in [0.2, 0.25) is 16.0 Å². The molecule has 5 rings (SSSR count). The van der Waals surface area contributed by atoms with Crippen LogP contribution in [0.3, 0.4) is 0 Å². The van der Waals surface area contributed by atoms with Crippen molar-refractivity contribution in [1.29, 1.82) is 0 Å². The third-order valence-electron chi connectivity index (χ3n) is 6.58. The molecular formula is C30H32F2N6O4S. The van der Waals surface area contributed by atoms with Crippen molar-refractivity contribution >= 4 is 38.8 Å². The summed E-state index contributed by atoms with van der Waals surface area (Å²) < 4.78 is 62.2. The normalized spacial score (nSPS) is 17.5. The first kappa shape index (κ1) is 30.1. The summed E-state index contributed by atoms with van der Waals surface area (Å²) >= 11 is 0. The van der Waals surface area contributed by atoms with E-state index in [4.69, 9.17) is 4.74 Å². The van der Waals surface area contributed by atoms with E-state index in [1.165, 1.54) is 23.2 Å². The number of fused-ring (bicyclic) bond motifs is 1. The summed E-state index contributed by atoms with van der Waals surface area (Å²) in [7, 11) is -3.82. The van der Waals surface area contributed by atoms with E-state index in [0.29, 0.717) is 27.7 Å². The predicted molar refractivity (Wildman–Crippen MR) is 160 cm³/mol. The minimum absolute atomic E-state index is 0.0445. The number of halogens is 2. The first-order chi connectivity index (χ1) is 20.3. The van der Waals surface area contributed by atoms with E-state index < -0.39 is 39.7 Å². The highest BCUT2D eigenvalue weighted by Crippen LogP contribution is 2.27. The number of alkyl halides is 1. The Bertz CT molecular complexity index is 1730. The zero-order valence-electron chi connectivity index (χ0n) is 23.9. The van der Waals surface area contributed by atoms with Gasteiger partial charge in [0.05, 0.1) is 18.0 Å². The fourth-order valence-electron chi connectivity index (χ4n) is 4.73. The second-order valence-corrected chi connectivity index (χ2v) is 13.2. The Balaban J connectivity index is 1.27. The number of ether oxygens (including phenoxy) is 1. The molecule has 0 radical (unpaired) electrons. The van der Waals surface area contributed by atoms with Gasteiger partial charge >= 0.3 is 6.09 Å². The number of sulfonamides is 1. The van der Waals surface area contributed by atoms with Gasteiger partial charge in [0.15, 0.2) is 5.65 Å². The summed E-state index contributed by atoms with van der Waals surface area (Å²) in [6.07, 6.45) is 1.44. The number of pyridine rings is 1. The minimum atomic E-state index is -3.82. The van der Waals surface area contributed by atoms with Crippen molar-refractivity contribution < 1.29 is 26.7 Å². The van der Waals surface area contributed by atoms with Crippen molar-refractivity contribution in [3.05, 3.63) is 78.4 Å². The zero-order chi connectivity index (χ0) is 30.8. The maximum Gasteiger partial charge on any atom is 0.410 e. The molecule has 1 amide bonds. The Morgan fingerprint density at radius 2 is 1.81 bits per heavy atom. The highest BCUT2D eigenvalue weighted by atomic mass is 32.2. The number of amides is 1. The van der Waals surface area contributed by atoms with E-state index in [2.05, 4.69) is 25.0 Å². The van der Waals surface area contributed by atoms with Crippen molar-refractivity contribution in [2.45, 2.75) is 50.8 Å². The van der Waals surface area contributed by atoms with Crippen LogP contribution in [0, 0.1) is 5.82 Å². The molecule has 0 spiro atoms. The summed E-state index contributed by atoms with van der Waals surface area (Å²) in [5, 5.41) is 3.67. The number of rotatable bonds is 7. The molecule has 10 nitrogen and oxygen atoms in total. The fourth-order valence-corrected chi connectivity index (χ4v) is 5.93. The van der Waals surface area contributed by atoms with Gasteiger partial charge in [-0.1, -0.05) is 36.4 Å². The first-order valence-electron chi connectivity index (χ1n) is 13.7. The number of nitrogens with zero attached hydrogens (tertiary/aromatic N) is 4. The van der Waals surface area contributed by atoms with Gasteiger partial charge in [-0.3, -0.25) is 4.72 Å². The van der Waals surface area contributed by atoms with E-state index in [0.717, 1.165) is 0 Å². The lowest BCUT2D eigenvalue weighted by Crippen LogP contribution is -2.51. The maximum atomic E-state index is 14.9. The predicted octanol–water partition coefficient (Wildman–Crippen LogP) is 5.53. The van der Waals surface area contributed by atoms with E-state index >= 15 is 0 Å². The molecule has 4 aromatic rings. The first-order valence-corrected chi connectivity index (χ1v) is 15.3. The monoisotopic (exact) mass is 610 g/mol. The molecule has 226 valence electrons. The number of aromatic nitrogens is 3. The summed E-state index contributed by atoms with van der Waals surface area (Å²) in [6, 6.07) is 14.1. The van der Waals surface area contributed by atoms with Crippen LogP contribution in [0.15, 0.2) is 67.0 Å². The van der Waals surface area contributed by atoms with E-state index in [1.807, 2.05) is 0 Å². The Morgan fingerprint density at radius 3 is 2.53 bits per heavy atom. The van der Waals surface area contributed by atoms with Crippen LogP contribution in [0.1, 0.15) is 32.8 Å². The molecule has 13 heteroatoms. The number of carbonyl (C=O) groups excluding carboxylic acids is 1. The number of likely N-dealkylation sites (tertiary alicyclic amines) is 1. The van der Waals surface area contributed by atoms with Crippen LogP contribution in [-0.4, -0.2) is 65.3 Å². The Kier molecular flexibility index (Phi) is 8.45. The third kappa shape index (κ3) is 7.92. The van der Waals surface area contributed by atoms with Gasteiger partial charge in [-0.05, 0) is 50.1 Å². The van der Waals surface area contributed by atoms with Gasteiger partial charge in [-0.25, -0.2) is 32.0 Å². The number of carbonyl (C=O) groups is 1. The summed E-state index contributed by atoms with van der Waals surface area (Å²) in [5.74, 6) is -0.782. The van der Waals surface area contributed by atoms with Gasteiger partial charge in [-0.2, -0.15) is 4.98 Å². The molecule has 2 atom stereocenters. The smallest absolute Gasteiger partial charge is 0.410 e. The van der Waals surface area contributed by atoms with Crippen LogP contribution in [0.5, 0.6) is 0 Å². The van der Waals surface area contributed by atoms with Gasteiger partial charge in [0, 0.05) is 42.4 Å². The molecule has 0 saturated carbocycles. The average Bonchev–Trinajstić information content (AvgIpc) is 2.93. The molecule has 0 aliphatic carbocycles. The number of hydrogen-bond donors (Lipinski definition) is 2. The molecule has 1 saturated heterocycles. The van der Waals surface area contributed by atoms with E-state index in [-0.39, 0.29) is 36.9 Å². The molecule has 2 N–H and O–H groups in total. The van der Waals surface area contributed by atoms with Crippen molar-refractivity contribution in [1.82, 2.24) is 19.9 Å². The van der Waals surface area contributed by atoms with Gasteiger partial charge in [0.1, 0.15) is 17.6 Å². The number of hydrogen-bond acceptors (Lipinski definition) is 8. The largest absolute Gasteiger partial charge is 0.444 e. The second-order valence-electron chi connectivity index (χ2n) is 11.4. The lowest BCUT2D eigenvalue weighted by molar-refractivity contribution is 0.0124. The van der Waals surface area contributed by atoms with Crippen LogP contribution in [0.25, 0.3) is 22.2 Å². The second kappa shape index (κ2) is 12.1. The molecule has 1 aliphatic heterocycles. The molecule has 0 unspecified atom stereocenters. The Labute approximate surface area is 248 Å². The molecule has 2 aromatic heterocycles. The van der Waals surface area contributed by atoms with Crippen LogP contribution < -0.4 is 10.0 Å². The van der Waals surface area contributed by atoms with Crippen molar-refractivity contribution in [2.75, 3.05) is 23.1 Å². The Hall–Kier alpha value is -4.39. The van der Waals surface area contributed by atoms with Crippen molar-refractivity contribution in [2.24, 2.45) is 0 Å². The lowest BCUT2D eigenvalue weighted by atomic mass is 10.0. The average molecular weight is 611 g/mol. The quantitative estimate of drug-likeness (QED) is 0.280. The SMILES string of the molecule is CC(C)(C)OC(=O)N1C[C@@H](F)C[C@H](Nc2ncc3cc(-c4ccc(NS(=O)(=O)Cc5ccccc5)c(F)c4)cnc3n2)C1. The summed E-state index contributed by atoms with van der Waals surface area (Å²) in [4.78, 5) is 26.9. The number of anilines is 2. The third-order valence-corrected chi connectivity index (χ3v) is 7.83. The number of nitrogens with one attached hydrogen (secondary N) is 2. The van der Waals surface area contributed by atoms with Gasteiger partial charge in [0.25, 0.3) is 0 Å². The van der Waals surface area contributed by atoms with Gasteiger partial charge < -0.3 is 15.0 Å². The molecule has 2 aromatic carbocycles. The zero-order valence-corrected chi connectivity index (χ0v) is 24.7. The number of piperidine rings is 1. The highest BCUT2D eigenvalue weighted by molar-refractivity contribution is 7.91. The standard InChI is InChI=1S/C30H32F2N6O4S/c1-30(2,3)42-29(39)38-16-23(31)13-24(17-38)35-28-34-15-22-11-21(14-33-27(22)36-28)20-9-10-26(25(32)12-20)37-43(40,41)18-19-7-5-4-6-8-19/h4-12,14-15,23-24,37H,13,16-18H2,1-3H3,(H,33,34,35,36)/t23-,24-/m0/s1. The molecule has 3 heterocycles. The van der Waals surface area contributed by atoms with Crippen molar-refractivity contribution in [3.63, 3.8) is 0 Å². The summed E-state index contributed by atoms with van der Waals surface area (Å²) in [6.45, 7) is 5.44. The fraction of sp³-hybridized carbons (Fsp3) is 0.333. The molecule has 1 fully saturated rings. The van der Waals surface area contributed by atoms with Crippen LogP contribution >= 0.6 is 0 Å². The molecule has 1 aliphatic rings. The van der Waals surface area contributed by atoms with Crippen molar-refractivity contribution in [3.8, 4) is 11.1 Å². The highest BCUT2D eigenvalue weighted by Gasteiger charge is 2.33. The van der Waals surface area contributed by atoms with E-state index in [9.17, 15) is 22.0 Å². The van der Waals surface area contributed by atoms with Crippen LogP contribution in [0.4, 0.5) is 25.2 Å². The van der Waals surface area contributed by atoms with Gasteiger partial charge in [-0.15, -0.1) is 0 Å². The number of benzene rings is 2. The van der Waals surface area contributed by atoms with Crippen LogP contribution in [0.2, 0.25) is 0 Å². The topological polar surface area (TPSA) is 126 Å². The Morgan fingerprint density at radius 1 is 1.05 bits per heavy atom.